The molecule has 3 nitrogen and oxygen atoms in total. The second-order valence-electron chi connectivity index (χ2n) is 5.42. The van der Waals surface area contributed by atoms with Gasteiger partial charge in [0.1, 0.15) is 17.5 Å². The predicted octanol–water partition coefficient (Wildman–Crippen LogP) is 4.24. The molecule has 0 aliphatic carbocycles. The van der Waals surface area contributed by atoms with Crippen molar-refractivity contribution in [2.75, 3.05) is 18.0 Å². The van der Waals surface area contributed by atoms with Crippen LogP contribution >= 0.6 is 0 Å². The minimum atomic E-state index is -4.59. The van der Waals surface area contributed by atoms with Crippen molar-refractivity contribution in [2.24, 2.45) is 0 Å². The van der Waals surface area contributed by atoms with E-state index in [4.69, 9.17) is 0 Å². The SMILES string of the molecule is N#Cc1c(C(F)(F)F)cc(-c2ccccc2)nc1N1CCCC1. The lowest BCUT2D eigenvalue weighted by Crippen LogP contribution is -2.22. The minimum Gasteiger partial charge on any atom is -0.355 e. The van der Waals surface area contributed by atoms with E-state index in [1.165, 1.54) is 0 Å². The lowest BCUT2D eigenvalue weighted by molar-refractivity contribution is -0.137. The number of hydrogen-bond acceptors (Lipinski definition) is 3. The molecule has 23 heavy (non-hydrogen) atoms. The first-order chi connectivity index (χ1) is 11.0. The van der Waals surface area contributed by atoms with Crippen molar-refractivity contribution in [1.29, 1.82) is 5.26 Å². The fraction of sp³-hybridized carbons (Fsp3) is 0.294. The summed E-state index contributed by atoms with van der Waals surface area (Å²) in [6.45, 7) is 1.24. The Kier molecular flexibility index (Phi) is 3.95. The Morgan fingerprint density at radius 1 is 1.09 bits per heavy atom. The van der Waals surface area contributed by atoms with Gasteiger partial charge in [0.2, 0.25) is 0 Å². The molecule has 1 aromatic heterocycles. The topological polar surface area (TPSA) is 39.9 Å². The summed E-state index contributed by atoms with van der Waals surface area (Å²) in [6, 6.07) is 11.4. The summed E-state index contributed by atoms with van der Waals surface area (Å²) in [6.07, 6.45) is -2.81. The van der Waals surface area contributed by atoms with Crippen LogP contribution in [-0.2, 0) is 6.18 Å². The quantitative estimate of drug-likeness (QED) is 0.832. The number of pyridine rings is 1. The maximum atomic E-state index is 13.4. The molecule has 0 bridgehead atoms. The molecule has 0 amide bonds. The molecule has 118 valence electrons. The van der Waals surface area contributed by atoms with Gasteiger partial charge in [-0.1, -0.05) is 30.3 Å². The fourth-order valence-electron chi connectivity index (χ4n) is 2.78. The van der Waals surface area contributed by atoms with Crippen molar-refractivity contribution in [2.45, 2.75) is 19.0 Å². The van der Waals surface area contributed by atoms with Crippen molar-refractivity contribution in [3.05, 3.63) is 47.5 Å². The van der Waals surface area contributed by atoms with Gasteiger partial charge in [-0.3, -0.25) is 0 Å². The molecule has 0 unspecified atom stereocenters. The molecular formula is C17H14F3N3. The maximum Gasteiger partial charge on any atom is 0.417 e. The highest BCUT2D eigenvalue weighted by atomic mass is 19.4. The average Bonchev–Trinajstić information content (AvgIpc) is 3.08. The van der Waals surface area contributed by atoms with Crippen molar-refractivity contribution < 1.29 is 13.2 Å². The Balaban J connectivity index is 2.23. The van der Waals surface area contributed by atoms with Gasteiger partial charge < -0.3 is 4.90 Å². The second kappa shape index (κ2) is 5.92. The molecule has 2 aromatic rings. The van der Waals surface area contributed by atoms with Crippen molar-refractivity contribution >= 4 is 5.82 Å². The summed E-state index contributed by atoms with van der Waals surface area (Å²) in [5.41, 5.74) is -0.475. The Morgan fingerprint density at radius 3 is 2.30 bits per heavy atom. The number of halogens is 3. The average molecular weight is 317 g/mol. The predicted molar refractivity (Wildman–Crippen MR) is 80.8 cm³/mol. The number of nitrogens with zero attached hydrogens (tertiary/aromatic N) is 3. The molecule has 1 saturated heterocycles. The van der Waals surface area contributed by atoms with Gasteiger partial charge >= 0.3 is 6.18 Å². The highest BCUT2D eigenvalue weighted by molar-refractivity contribution is 5.68. The van der Waals surface area contributed by atoms with Crippen LogP contribution in [0.15, 0.2) is 36.4 Å². The smallest absolute Gasteiger partial charge is 0.355 e. The Hall–Kier alpha value is -2.55. The summed E-state index contributed by atoms with van der Waals surface area (Å²) in [5.74, 6) is 0.138. The zero-order valence-corrected chi connectivity index (χ0v) is 12.3. The zero-order valence-electron chi connectivity index (χ0n) is 12.3. The van der Waals surface area contributed by atoms with Crippen molar-refractivity contribution in [1.82, 2.24) is 4.98 Å². The number of aromatic nitrogens is 1. The summed E-state index contributed by atoms with van der Waals surface area (Å²) < 4.78 is 40.2. The van der Waals surface area contributed by atoms with E-state index in [1.807, 2.05) is 0 Å². The lowest BCUT2D eigenvalue weighted by atomic mass is 10.0. The minimum absolute atomic E-state index is 0.138. The Bertz CT molecular complexity index is 742. The van der Waals surface area contributed by atoms with E-state index in [1.54, 1.807) is 41.3 Å². The van der Waals surface area contributed by atoms with Gasteiger partial charge in [0, 0.05) is 18.7 Å². The fourth-order valence-corrected chi connectivity index (χ4v) is 2.78. The standard InChI is InChI=1S/C17H14F3N3/c18-17(19,20)14-10-15(12-6-2-1-3-7-12)22-16(13(14)11-21)23-8-4-5-9-23/h1-3,6-7,10H,4-5,8-9H2. The molecule has 1 aromatic carbocycles. The van der Waals surface area contributed by atoms with Gasteiger partial charge in [0.05, 0.1) is 11.3 Å². The molecule has 3 rings (SSSR count). The number of alkyl halides is 3. The normalized spacial score (nSPS) is 14.8. The molecular weight excluding hydrogens is 303 g/mol. The number of hydrogen-bond donors (Lipinski definition) is 0. The summed E-state index contributed by atoms with van der Waals surface area (Å²) in [5, 5.41) is 9.27. The number of rotatable bonds is 2. The molecule has 1 aliphatic rings. The highest BCUT2D eigenvalue weighted by Crippen LogP contribution is 2.38. The van der Waals surface area contributed by atoms with Crippen LogP contribution in [0.1, 0.15) is 24.0 Å². The third-order valence-corrected chi connectivity index (χ3v) is 3.89. The molecule has 0 N–H and O–H groups in total. The van der Waals surface area contributed by atoms with E-state index in [0.29, 0.717) is 18.7 Å². The van der Waals surface area contributed by atoms with Gasteiger partial charge in [0.25, 0.3) is 0 Å². The van der Waals surface area contributed by atoms with Crippen molar-refractivity contribution in [3.8, 4) is 17.3 Å². The van der Waals surface area contributed by atoms with Gasteiger partial charge in [-0.05, 0) is 18.9 Å². The van der Waals surface area contributed by atoms with Gasteiger partial charge in [-0.2, -0.15) is 18.4 Å². The summed E-state index contributed by atoms with van der Waals surface area (Å²) in [4.78, 5) is 6.14. The summed E-state index contributed by atoms with van der Waals surface area (Å²) in [7, 11) is 0. The first kappa shape index (κ1) is 15.3. The van der Waals surface area contributed by atoms with Crippen LogP contribution in [0.4, 0.5) is 19.0 Å². The van der Waals surface area contributed by atoms with Crippen LogP contribution in [0.3, 0.4) is 0 Å². The lowest BCUT2D eigenvalue weighted by Gasteiger charge is -2.21. The van der Waals surface area contributed by atoms with Crippen LogP contribution < -0.4 is 4.90 Å². The first-order valence-electron chi connectivity index (χ1n) is 7.33. The van der Waals surface area contributed by atoms with Gasteiger partial charge in [0.15, 0.2) is 0 Å². The van der Waals surface area contributed by atoms with Crippen LogP contribution in [0.25, 0.3) is 11.3 Å². The third kappa shape index (κ3) is 3.00. The van der Waals surface area contributed by atoms with E-state index in [2.05, 4.69) is 4.98 Å². The van der Waals surface area contributed by atoms with Crippen molar-refractivity contribution in [3.63, 3.8) is 0 Å². The van der Waals surface area contributed by atoms with Gasteiger partial charge in [-0.25, -0.2) is 4.98 Å². The molecule has 0 spiro atoms. The third-order valence-electron chi connectivity index (χ3n) is 3.89. The number of anilines is 1. The van der Waals surface area contributed by atoms with E-state index < -0.39 is 11.7 Å². The van der Waals surface area contributed by atoms with E-state index >= 15 is 0 Å². The molecule has 0 radical (unpaired) electrons. The number of nitriles is 1. The van der Waals surface area contributed by atoms with E-state index in [-0.39, 0.29) is 17.1 Å². The largest absolute Gasteiger partial charge is 0.417 e. The van der Waals surface area contributed by atoms with Crippen LogP contribution in [0.5, 0.6) is 0 Å². The Morgan fingerprint density at radius 2 is 1.74 bits per heavy atom. The second-order valence-corrected chi connectivity index (χ2v) is 5.42. The molecule has 2 heterocycles. The first-order valence-corrected chi connectivity index (χ1v) is 7.33. The molecule has 6 heteroatoms. The van der Waals surface area contributed by atoms with Gasteiger partial charge in [-0.15, -0.1) is 0 Å². The molecule has 1 aliphatic heterocycles. The van der Waals surface area contributed by atoms with E-state index in [0.717, 1.165) is 18.9 Å². The summed E-state index contributed by atoms with van der Waals surface area (Å²) >= 11 is 0. The van der Waals surface area contributed by atoms with E-state index in [9.17, 15) is 18.4 Å². The zero-order chi connectivity index (χ0) is 16.4. The number of benzene rings is 1. The highest BCUT2D eigenvalue weighted by Gasteiger charge is 2.37. The maximum absolute atomic E-state index is 13.4. The van der Waals surface area contributed by atoms with Crippen LogP contribution in [-0.4, -0.2) is 18.1 Å². The van der Waals surface area contributed by atoms with Crippen LogP contribution in [0.2, 0.25) is 0 Å². The molecule has 0 atom stereocenters. The monoisotopic (exact) mass is 317 g/mol. The molecule has 0 saturated carbocycles. The van der Waals surface area contributed by atoms with Crippen LogP contribution in [0, 0.1) is 11.3 Å². The molecule has 1 fully saturated rings. The Labute approximate surface area is 132 Å².